The van der Waals surface area contributed by atoms with Gasteiger partial charge in [0, 0.05) is 10.2 Å². The summed E-state index contributed by atoms with van der Waals surface area (Å²) in [7, 11) is 3.31. The normalized spacial score (nSPS) is 10.4. The Balaban J connectivity index is 2.41. The number of hydrogen-bond acceptors (Lipinski definition) is 3. The molecular formula is C14H15BrO2S. The van der Waals surface area contributed by atoms with E-state index < -0.39 is 0 Å². The van der Waals surface area contributed by atoms with Crippen molar-refractivity contribution in [3.8, 4) is 21.9 Å². The topological polar surface area (TPSA) is 18.5 Å². The number of ether oxygens (including phenoxy) is 2. The summed E-state index contributed by atoms with van der Waals surface area (Å²) < 4.78 is 10.6. The van der Waals surface area contributed by atoms with Crippen molar-refractivity contribution in [2.24, 2.45) is 0 Å². The minimum atomic E-state index is 0.764. The molecular weight excluding hydrogens is 312 g/mol. The Hall–Kier alpha value is -1.00. The average Bonchev–Trinajstić information content (AvgIpc) is 2.86. The Bertz CT molecular complexity index is 522. The highest BCUT2D eigenvalue weighted by Gasteiger charge is 2.10. The second-order valence-corrected chi connectivity index (χ2v) is 5.49. The van der Waals surface area contributed by atoms with Crippen LogP contribution in [0.3, 0.4) is 0 Å². The van der Waals surface area contributed by atoms with E-state index in [-0.39, 0.29) is 0 Å². The number of methoxy groups -OCH3 is 2. The summed E-state index contributed by atoms with van der Waals surface area (Å²) in [6, 6.07) is 8.23. The maximum absolute atomic E-state index is 5.35. The van der Waals surface area contributed by atoms with Gasteiger partial charge in [-0.2, -0.15) is 0 Å². The van der Waals surface area contributed by atoms with Gasteiger partial charge in [-0.3, -0.25) is 0 Å². The van der Waals surface area contributed by atoms with E-state index in [0.717, 1.165) is 23.2 Å². The van der Waals surface area contributed by atoms with Crippen LogP contribution < -0.4 is 9.47 Å². The predicted octanol–water partition coefficient (Wildman–Crippen LogP) is 4.37. The molecule has 2 rings (SSSR count). The Labute approximate surface area is 120 Å². The molecule has 0 aliphatic rings. The molecule has 1 aromatic carbocycles. The first-order chi connectivity index (χ1) is 8.80. The molecule has 0 spiro atoms. The maximum Gasteiger partial charge on any atom is 0.161 e. The summed E-state index contributed by atoms with van der Waals surface area (Å²) in [5, 5.41) is 3.11. The highest BCUT2D eigenvalue weighted by atomic mass is 79.9. The van der Waals surface area contributed by atoms with Crippen LogP contribution in [0.5, 0.6) is 11.5 Å². The molecule has 96 valence electrons. The molecule has 0 aliphatic carbocycles. The number of hydrogen-bond donors (Lipinski definition) is 0. The first-order valence-electron chi connectivity index (χ1n) is 5.65. The summed E-state index contributed by atoms with van der Waals surface area (Å²) in [5.74, 6) is 1.54. The van der Waals surface area contributed by atoms with Crippen molar-refractivity contribution in [1.82, 2.24) is 0 Å². The van der Waals surface area contributed by atoms with Gasteiger partial charge in [0.2, 0.25) is 0 Å². The third-order valence-corrected chi connectivity index (χ3v) is 4.16. The van der Waals surface area contributed by atoms with Crippen molar-refractivity contribution in [1.29, 1.82) is 0 Å². The van der Waals surface area contributed by atoms with E-state index in [4.69, 9.17) is 9.47 Å². The minimum absolute atomic E-state index is 0.764. The van der Waals surface area contributed by atoms with Crippen LogP contribution in [0, 0.1) is 0 Å². The molecule has 0 aliphatic heterocycles. The van der Waals surface area contributed by atoms with Crippen LogP contribution in [0.2, 0.25) is 0 Å². The summed E-state index contributed by atoms with van der Waals surface area (Å²) in [4.78, 5) is 1.30. The molecule has 1 aromatic heterocycles. The lowest BCUT2D eigenvalue weighted by Gasteiger charge is -2.09. The molecule has 1 heterocycles. The summed E-state index contributed by atoms with van der Waals surface area (Å²) in [5.41, 5.74) is 2.54. The van der Waals surface area contributed by atoms with Crippen LogP contribution in [-0.4, -0.2) is 19.5 Å². The predicted molar refractivity (Wildman–Crippen MR) is 80.4 cm³/mol. The van der Waals surface area contributed by atoms with E-state index in [9.17, 15) is 0 Å². The molecule has 4 heteroatoms. The van der Waals surface area contributed by atoms with Gasteiger partial charge >= 0.3 is 0 Å². The van der Waals surface area contributed by atoms with Crippen LogP contribution in [-0.2, 0) is 6.42 Å². The van der Waals surface area contributed by atoms with E-state index in [1.807, 2.05) is 12.1 Å². The van der Waals surface area contributed by atoms with Crippen molar-refractivity contribution in [3.05, 3.63) is 35.2 Å². The monoisotopic (exact) mass is 326 g/mol. The lowest BCUT2D eigenvalue weighted by Crippen LogP contribution is -1.91. The Morgan fingerprint density at radius 2 is 1.89 bits per heavy atom. The van der Waals surface area contributed by atoms with E-state index in [1.165, 1.54) is 16.0 Å². The van der Waals surface area contributed by atoms with Gasteiger partial charge in [-0.15, -0.1) is 11.3 Å². The zero-order valence-corrected chi connectivity index (χ0v) is 12.8. The molecule has 0 amide bonds. The zero-order chi connectivity index (χ0) is 13.0. The molecule has 0 atom stereocenters. The van der Waals surface area contributed by atoms with Gasteiger partial charge in [0.1, 0.15) is 0 Å². The molecule has 0 fully saturated rings. The van der Waals surface area contributed by atoms with Crippen LogP contribution in [0.15, 0.2) is 29.6 Å². The molecule has 2 nitrogen and oxygen atoms in total. The SMILES string of the molecule is COc1ccc(-c2sccc2CCBr)cc1OC. The minimum Gasteiger partial charge on any atom is -0.493 e. The Morgan fingerprint density at radius 1 is 1.11 bits per heavy atom. The van der Waals surface area contributed by atoms with Gasteiger partial charge in [-0.1, -0.05) is 15.9 Å². The quantitative estimate of drug-likeness (QED) is 0.759. The van der Waals surface area contributed by atoms with Gasteiger partial charge in [-0.25, -0.2) is 0 Å². The Morgan fingerprint density at radius 3 is 2.56 bits per heavy atom. The van der Waals surface area contributed by atoms with E-state index >= 15 is 0 Å². The summed E-state index contributed by atoms with van der Waals surface area (Å²) in [6.07, 6.45) is 1.03. The van der Waals surface area contributed by atoms with Crippen LogP contribution >= 0.6 is 27.3 Å². The van der Waals surface area contributed by atoms with Crippen molar-refractivity contribution >= 4 is 27.3 Å². The Kier molecular flexibility index (Phi) is 4.66. The first-order valence-corrected chi connectivity index (χ1v) is 7.65. The molecule has 0 saturated heterocycles. The van der Waals surface area contributed by atoms with E-state index in [1.54, 1.807) is 25.6 Å². The van der Waals surface area contributed by atoms with Crippen molar-refractivity contribution in [2.45, 2.75) is 6.42 Å². The third kappa shape index (κ3) is 2.70. The van der Waals surface area contributed by atoms with Crippen LogP contribution in [0.4, 0.5) is 0 Å². The highest BCUT2D eigenvalue weighted by molar-refractivity contribution is 9.09. The van der Waals surface area contributed by atoms with Crippen LogP contribution in [0.1, 0.15) is 5.56 Å². The second kappa shape index (κ2) is 6.25. The van der Waals surface area contributed by atoms with Gasteiger partial charge < -0.3 is 9.47 Å². The van der Waals surface area contributed by atoms with Gasteiger partial charge in [0.05, 0.1) is 14.2 Å². The number of thiophene rings is 1. The zero-order valence-electron chi connectivity index (χ0n) is 10.4. The largest absolute Gasteiger partial charge is 0.493 e. The van der Waals surface area contributed by atoms with Crippen molar-refractivity contribution < 1.29 is 9.47 Å². The molecule has 2 aromatic rings. The number of benzene rings is 1. The van der Waals surface area contributed by atoms with Crippen LogP contribution in [0.25, 0.3) is 10.4 Å². The second-order valence-electron chi connectivity index (χ2n) is 3.78. The van der Waals surface area contributed by atoms with Gasteiger partial charge in [-0.05, 0) is 47.2 Å². The lowest BCUT2D eigenvalue weighted by atomic mass is 10.1. The van der Waals surface area contributed by atoms with Gasteiger partial charge in [0.25, 0.3) is 0 Å². The van der Waals surface area contributed by atoms with Gasteiger partial charge in [0.15, 0.2) is 11.5 Å². The first kappa shape index (κ1) is 13.4. The standard InChI is InChI=1S/C14H15BrO2S/c1-16-12-4-3-11(9-13(12)17-2)14-10(5-7-15)6-8-18-14/h3-4,6,8-9H,5,7H2,1-2H3. The van der Waals surface area contributed by atoms with E-state index in [2.05, 4.69) is 33.4 Å². The fourth-order valence-corrected chi connectivity index (χ4v) is 3.25. The maximum atomic E-state index is 5.35. The average molecular weight is 327 g/mol. The molecule has 0 saturated carbocycles. The van der Waals surface area contributed by atoms with Crippen molar-refractivity contribution in [2.75, 3.05) is 19.5 Å². The highest BCUT2D eigenvalue weighted by Crippen LogP contribution is 2.36. The number of rotatable bonds is 5. The number of aryl methyl sites for hydroxylation is 1. The molecule has 0 bridgehead atoms. The number of halogens is 1. The van der Waals surface area contributed by atoms with E-state index in [0.29, 0.717) is 0 Å². The molecule has 0 N–H and O–H groups in total. The fourth-order valence-electron chi connectivity index (χ4n) is 1.87. The third-order valence-electron chi connectivity index (χ3n) is 2.76. The number of alkyl halides is 1. The molecule has 18 heavy (non-hydrogen) atoms. The lowest BCUT2D eigenvalue weighted by molar-refractivity contribution is 0.355. The summed E-state index contributed by atoms with van der Waals surface area (Å²) in [6.45, 7) is 0. The molecule has 0 unspecified atom stereocenters. The molecule has 0 radical (unpaired) electrons. The fraction of sp³-hybridized carbons (Fsp3) is 0.286. The smallest absolute Gasteiger partial charge is 0.161 e. The summed E-state index contributed by atoms with van der Waals surface area (Å²) >= 11 is 5.25. The van der Waals surface area contributed by atoms with Crippen molar-refractivity contribution in [3.63, 3.8) is 0 Å².